The van der Waals surface area contributed by atoms with Crippen LogP contribution < -0.4 is 10.6 Å². The van der Waals surface area contributed by atoms with Crippen LogP contribution in [0.5, 0.6) is 0 Å². The molecule has 1 aliphatic carbocycles. The zero-order valence-corrected chi connectivity index (χ0v) is 17.0. The van der Waals surface area contributed by atoms with E-state index in [-0.39, 0.29) is 17.1 Å². The Hall–Kier alpha value is -0.640. The summed E-state index contributed by atoms with van der Waals surface area (Å²) in [5, 5.41) is 17.1. The van der Waals surface area contributed by atoms with Gasteiger partial charge in [-0.15, -0.1) is 0 Å². The maximum Gasteiger partial charge on any atom is 0.0788 e. The molecule has 0 aromatic carbocycles. The summed E-state index contributed by atoms with van der Waals surface area (Å²) in [6.07, 6.45) is 9.73. The summed E-state index contributed by atoms with van der Waals surface area (Å²) in [6.45, 7) is 17.9. The molecule has 2 atom stereocenters. The van der Waals surface area contributed by atoms with Crippen molar-refractivity contribution in [3.8, 4) is 0 Å². The van der Waals surface area contributed by atoms with Gasteiger partial charge in [-0.25, -0.2) is 0 Å². The molecule has 0 heterocycles. The molecule has 3 heteroatoms. The van der Waals surface area contributed by atoms with Crippen molar-refractivity contribution < 1.29 is 5.11 Å². The zero-order chi connectivity index (χ0) is 18.4. The summed E-state index contributed by atoms with van der Waals surface area (Å²) < 4.78 is 0. The van der Waals surface area contributed by atoms with Crippen LogP contribution in [0, 0.1) is 10.8 Å². The van der Waals surface area contributed by atoms with E-state index in [1.807, 2.05) is 0 Å². The molecule has 0 aliphatic heterocycles. The van der Waals surface area contributed by atoms with E-state index < -0.39 is 0 Å². The van der Waals surface area contributed by atoms with E-state index >= 15 is 0 Å². The molecule has 0 bridgehead atoms. The third-order valence-corrected chi connectivity index (χ3v) is 4.83. The molecule has 0 spiro atoms. The Balaban J connectivity index is 2.37. The van der Waals surface area contributed by atoms with E-state index in [9.17, 15) is 5.11 Å². The minimum absolute atomic E-state index is 0.0890. The molecular formula is C21H40N2O. The smallest absolute Gasteiger partial charge is 0.0788 e. The van der Waals surface area contributed by atoms with Crippen LogP contribution in [0.4, 0.5) is 0 Å². The Morgan fingerprint density at radius 1 is 1.21 bits per heavy atom. The molecular weight excluding hydrogens is 296 g/mol. The second-order valence-electron chi connectivity index (χ2n) is 9.66. The Labute approximate surface area is 150 Å². The first-order valence-electron chi connectivity index (χ1n) is 9.46. The number of rotatable bonds is 9. The van der Waals surface area contributed by atoms with Gasteiger partial charge in [-0.2, -0.15) is 0 Å². The van der Waals surface area contributed by atoms with Crippen LogP contribution in [0.2, 0.25) is 0 Å². The van der Waals surface area contributed by atoms with Crippen LogP contribution in [0.15, 0.2) is 23.8 Å². The first kappa shape index (κ1) is 21.4. The molecule has 140 valence electrons. The Morgan fingerprint density at radius 3 is 2.46 bits per heavy atom. The third-order valence-electron chi connectivity index (χ3n) is 4.83. The van der Waals surface area contributed by atoms with E-state index in [1.54, 1.807) is 0 Å². The topological polar surface area (TPSA) is 44.3 Å². The number of hydrogen-bond acceptors (Lipinski definition) is 3. The Kier molecular flexibility index (Phi) is 7.71. The highest BCUT2D eigenvalue weighted by molar-refractivity contribution is 5.24. The van der Waals surface area contributed by atoms with E-state index in [2.05, 4.69) is 77.3 Å². The van der Waals surface area contributed by atoms with Gasteiger partial charge in [0.2, 0.25) is 0 Å². The van der Waals surface area contributed by atoms with Gasteiger partial charge in [0.25, 0.3) is 0 Å². The number of allylic oxidation sites excluding steroid dienone is 3. The molecule has 0 radical (unpaired) electrons. The van der Waals surface area contributed by atoms with Gasteiger partial charge >= 0.3 is 0 Å². The van der Waals surface area contributed by atoms with Crippen LogP contribution >= 0.6 is 0 Å². The van der Waals surface area contributed by atoms with Crippen molar-refractivity contribution in [3.05, 3.63) is 23.8 Å². The quantitative estimate of drug-likeness (QED) is 0.595. The fraction of sp³-hybridized carbons (Fsp3) is 0.810. The number of nitrogens with one attached hydrogen (secondary N) is 2. The second-order valence-corrected chi connectivity index (χ2v) is 9.66. The van der Waals surface area contributed by atoms with Gasteiger partial charge in [-0.3, -0.25) is 0 Å². The van der Waals surface area contributed by atoms with Crippen molar-refractivity contribution >= 4 is 0 Å². The lowest BCUT2D eigenvalue weighted by Gasteiger charge is -2.33. The van der Waals surface area contributed by atoms with E-state index in [0.29, 0.717) is 18.5 Å². The first-order valence-corrected chi connectivity index (χ1v) is 9.46. The van der Waals surface area contributed by atoms with Crippen molar-refractivity contribution in [3.63, 3.8) is 0 Å². The summed E-state index contributed by atoms with van der Waals surface area (Å²) in [5.41, 5.74) is 2.09. The minimum Gasteiger partial charge on any atom is -0.390 e. The van der Waals surface area contributed by atoms with E-state index in [0.717, 1.165) is 25.8 Å². The van der Waals surface area contributed by atoms with Crippen LogP contribution in [0.1, 0.15) is 67.7 Å². The molecule has 0 aromatic heterocycles. The molecule has 3 nitrogen and oxygen atoms in total. The number of aliphatic hydroxyl groups excluding tert-OH is 1. The van der Waals surface area contributed by atoms with Crippen molar-refractivity contribution in [2.45, 2.75) is 79.4 Å². The van der Waals surface area contributed by atoms with Crippen molar-refractivity contribution in [2.75, 3.05) is 19.6 Å². The lowest BCUT2D eigenvalue weighted by Crippen LogP contribution is -2.46. The van der Waals surface area contributed by atoms with Gasteiger partial charge in [-0.05, 0) is 38.5 Å². The monoisotopic (exact) mass is 336 g/mol. The van der Waals surface area contributed by atoms with Gasteiger partial charge in [0.05, 0.1) is 6.10 Å². The molecule has 0 saturated heterocycles. The highest BCUT2D eigenvalue weighted by Crippen LogP contribution is 2.36. The molecule has 0 amide bonds. The predicted octanol–water partition coefficient (Wildman–Crippen LogP) is 4.04. The summed E-state index contributed by atoms with van der Waals surface area (Å²) in [7, 11) is 0. The second kappa shape index (κ2) is 8.64. The van der Waals surface area contributed by atoms with E-state index in [4.69, 9.17) is 0 Å². The molecule has 1 aliphatic rings. The summed E-state index contributed by atoms with van der Waals surface area (Å²) in [5.74, 6) is 0. The Bertz CT molecular complexity index is 445. The maximum absolute atomic E-state index is 10.2. The maximum atomic E-state index is 10.2. The molecule has 1 rings (SSSR count). The van der Waals surface area contributed by atoms with Gasteiger partial charge in [0, 0.05) is 30.6 Å². The lowest BCUT2D eigenvalue weighted by atomic mass is 9.75. The Morgan fingerprint density at radius 2 is 1.88 bits per heavy atom. The van der Waals surface area contributed by atoms with Gasteiger partial charge < -0.3 is 15.7 Å². The SMILES string of the molecule is CCC(C)(C)NCC(O)CNCC1(C)C=CC=C(CC(C)(C)C)C1. The van der Waals surface area contributed by atoms with Crippen LogP contribution in [-0.4, -0.2) is 36.4 Å². The molecule has 0 aromatic rings. The molecule has 2 unspecified atom stereocenters. The van der Waals surface area contributed by atoms with Crippen molar-refractivity contribution in [1.82, 2.24) is 10.6 Å². The molecule has 0 fully saturated rings. The largest absolute Gasteiger partial charge is 0.390 e. The predicted molar refractivity (Wildman–Crippen MR) is 105 cm³/mol. The fourth-order valence-corrected chi connectivity index (χ4v) is 3.09. The van der Waals surface area contributed by atoms with Crippen LogP contribution in [0.3, 0.4) is 0 Å². The number of β-amino-alcohol motifs (C(OH)–C–C–N with tert-alkyl or cyclic N) is 1. The fourth-order valence-electron chi connectivity index (χ4n) is 3.09. The highest BCUT2D eigenvalue weighted by Gasteiger charge is 2.26. The van der Waals surface area contributed by atoms with Crippen molar-refractivity contribution in [2.24, 2.45) is 10.8 Å². The lowest BCUT2D eigenvalue weighted by molar-refractivity contribution is 0.152. The molecule has 3 N–H and O–H groups in total. The van der Waals surface area contributed by atoms with Crippen LogP contribution in [0.25, 0.3) is 0 Å². The summed E-state index contributed by atoms with van der Waals surface area (Å²) in [4.78, 5) is 0. The van der Waals surface area contributed by atoms with E-state index in [1.165, 1.54) is 5.57 Å². The molecule has 24 heavy (non-hydrogen) atoms. The van der Waals surface area contributed by atoms with Crippen molar-refractivity contribution in [1.29, 1.82) is 0 Å². The summed E-state index contributed by atoms with van der Waals surface area (Å²) in [6, 6.07) is 0. The summed E-state index contributed by atoms with van der Waals surface area (Å²) >= 11 is 0. The zero-order valence-electron chi connectivity index (χ0n) is 17.0. The standard InChI is InChI=1S/C21H40N2O/c1-8-20(5,6)23-15-18(24)14-22-16-21(7)11-9-10-17(13-21)12-19(2,3)4/h9-11,18,22-24H,8,12-16H2,1-7H3. The number of hydrogen-bond donors (Lipinski definition) is 3. The van der Waals surface area contributed by atoms with Gasteiger partial charge in [-0.1, -0.05) is 58.4 Å². The minimum atomic E-state index is -0.350. The molecule has 0 saturated carbocycles. The number of aliphatic hydroxyl groups is 1. The normalized spacial score (nSPS) is 23.2. The van der Waals surface area contributed by atoms with Gasteiger partial charge in [0.1, 0.15) is 0 Å². The van der Waals surface area contributed by atoms with Crippen LogP contribution in [-0.2, 0) is 0 Å². The third kappa shape index (κ3) is 8.46. The average Bonchev–Trinajstić information content (AvgIpc) is 2.43. The highest BCUT2D eigenvalue weighted by atomic mass is 16.3. The average molecular weight is 337 g/mol. The van der Waals surface area contributed by atoms with Gasteiger partial charge in [0.15, 0.2) is 0 Å². The first-order chi connectivity index (χ1) is 10.9.